The highest BCUT2D eigenvalue weighted by Crippen LogP contribution is 2.45. The molecule has 0 radical (unpaired) electrons. The van der Waals surface area contributed by atoms with Gasteiger partial charge >= 0.3 is 5.69 Å². The van der Waals surface area contributed by atoms with Crippen molar-refractivity contribution in [3.8, 4) is 23.0 Å². The average Bonchev–Trinajstić information content (AvgIpc) is 3.69. The number of nitrogens with one attached hydrogen (secondary N) is 1. The topological polar surface area (TPSA) is 178 Å². The summed E-state index contributed by atoms with van der Waals surface area (Å²) >= 11 is 0. The first-order chi connectivity index (χ1) is 28.0. The van der Waals surface area contributed by atoms with Gasteiger partial charge in [-0.2, -0.15) is 0 Å². The second kappa shape index (κ2) is 17.7. The van der Waals surface area contributed by atoms with Gasteiger partial charge in [-0.25, -0.2) is 4.98 Å². The van der Waals surface area contributed by atoms with E-state index < -0.39 is 17.2 Å². The van der Waals surface area contributed by atoms with Crippen molar-refractivity contribution < 1.29 is 38.6 Å². The monoisotopic (exact) mass is 830 g/mol. The standard InChI is InChI=1S/C41H46N6O9S2/c1-23-14-26-20-43-30-18-35(33(53-4)16-28(30)40(49)45(26)21-23)55-12-7-6-8-13-56-36-19-31-29(17-34(36)54-5)41(50)46-22-24(2)27(37(46)38(48)44-31)15-25(3)57-58-39-32(47(51)52)10-9-11-42-39/h9-11,16-20,25-27,37-38,44,48H,1-2,6-8,12-15,21-22H2,3-5H3/t25?,26-,27+,37-,38-/m0/s1. The van der Waals surface area contributed by atoms with Crippen LogP contribution < -0.4 is 24.3 Å². The zero-order chi connectivity index (χ0) is 41.1. The van der Waals surface area contributed by atoms with Gasteiger partial charge in [0, 0.05) is 54.9 Å². The lowest BCUT2D eigenvalue weighted by Crippen LogP contribution is -2.46. The number of aliphatic hydroxyl groups excluding tert-OH is 1. The van der Waals surface area contributed by atoms with E-state index in [0.29, 0.717) is 89.5 Å². The van der Waals surface area contributed by atoms with Crippen LogP contribution in [0.3, 0.4) is 0 Å². The molecule has 15 nitrogen and oxygen atoms in total. The Morgan fingerprint density at radius 2 is 1.67 bits per heavy atom. The number of carbonyl (C=O) groups excluding carboxylic acids is 2. The number of benzene rings is 2. The normalized spacial score (nSPS) is 21.3. The number of hydrogen-bond acceptors (Lipinski definition) is 14. The summed E-state index contributed by atoms with van der Waals surface area (Å²) in [6, 6.07) is 9.06. The molecule has 2 N–H and O–H groups in total. The Morgan fingerprint density at radius 1 is 0.983 bits per heavy atom. The van der Waals surface area contributed by atoms with Crippen LogP contribution in [0.5, 0.6) is 23.0 Å². The fourth-order valence-electron chi connectivity index (χ4n) is 7.79. The molecule has 0 spiro atoms. The first-order valence-corrected chi connectivity index (χ1v) is 21.3. The van der Waals surface area contributed by atoms with Crippen LogP contribution >= 0.6 is 21.6 Å². The molecule has 306 valence electrons. The van der Waals surface area contributed by atoms with Crippen LogP contribution in [0.4, 0.5) is 17.1 Å². The Bertz CT molecular complexity index is 2150. The van der Waals surface area contributed by atoms with E-state index in [0.717, 1.165) is 24.0 Å². The number of rotatable bonds is 16. The molecular weight excluding hydrogens is 785 g/mol. The van der Waals surface area contributed by atoms with Crippen molar-refractivity contribution in [2.75, 3.05) is 45.8 Å². The molecule has 4 aliphatic heterocycles. The number of hydrogen-bond donors (Lipinski definition) is 2. The van der Waals surface area contributed by atoms with Crippen LogP contribution in [-0.4, -0.2) is 107 Å². The van der Waals surface area contributed by atoms with Gasteiger partial charge in [0.1, 0.15) is 6.23 Å². The van der Waals surface area contributed by atoms with E-state index in [2.05, 4.69) is 28.5 Å². The van der Waals surface area contributed by atoms with Crippen molar-refractivity contribution in [2.45, 2.75) is 67.6 Å². The molecule has 4 aliphatic rings. The van der Waals surface area contributed by atoms with Crippen molar-refractivity contribution in [2.24, 2.45) is 10.9 Å². The predicted molar refractivity (Wildman–Crippen MR) is 223 cm³/mol. The van der Waals surface area contributed by atoms with E-state index in [-0.39, 0.29) is 41.3 Å². The van der Waals surface area contributed by atoms with Crippen LogP contribution in [0.2, 0.25) is 0 Å². The summed E-state index contributed by atoms with van der Waals surface area (Å²) in [6.45, 7) is 11.9. The van der Waals surface area contributed by atoms with Gasteiger partial charge in [0.15, 0.2) is 28.0 Å². The number of anilines is 1. The fraction of sp³-hybridized carbons (Fsp3) is 0.415. The van der Waals surface area contributed by atoms with Crippen molar-refractivity contribution in [3.05, 3.63) is 88.1 Å². The first-order valence-electron chi connectivity index (χ1n) is 19.0. The molecule has 3 aromatic rings. The minimum atomic E-state index is -1.10. The Morgan fingerprint density at radius 3 is 2.38 bits per heavy atom. The Balaban J connectivity index is 0.925. The largest absolute Gasteiger partial charge is 0.493 e. The SMILES string of the molecule is C=C1C[C@H]2C=Nc3cc(OCCCCCOc4cc5c(cc4OC)C(=O)N4CC(=C)[C@@H](CC(C)SSc6ncccc6[N+](=O)[O-])[C@H]4[C@H](O)N5)c(OC)cc3C(=O)N2C1. The fourth-order valence-corrected chi connectivity index (χ4v) is 10.1. The lowest BCUT2D eigenvalue weighted by molar-refractivity contribution is -0.388. The zero-order valence-electron chi connectivity index (χ0n) is 32.5. The minimum absolute atomic E-state index is 0.00861. The molecule has 5 heterocycles. The number of ether oxygens (including phenoxy) is 4. The maximum absolute atomic E-state index is 14.0. The molecule has 2 fully saturated rings. The summed E-state index contributed by atoms with van der Waals surface area (Å²) in [6.07, 6.45) is 5.75. The molecule has 2 saturated heterocycles. The number of amides is 2. The van der Waals surface area contributed by atoms with Gasteiger partial charge in [0.2, 0.25) is 0 Å². The summed E-state index contributed by atoms with van der Waals surface area (Å²) in [4.78, 5) is 50.5. The highest BCUT2D eigenvalue weighted by molar-refractivity contribution is 8.76. The summed E-state index contributed by atoms with van der Waals surface area (Å²) in [5, 5.41) is 26.4. The quantitative estimate of drug-likeness (QED) is 0.0493. The molecule has 0 bridgehead atoms. The Hall–Kier alpha value is -5.26. The van der Waals surface area contributed by atoms with E-state index in [9.17, 15) is 24.8 Å². The minimum Gasteiger partial charge on any atom is -0.493 e. The molecule has 0 aliphatic carbocycles. The van der Waals surface area contributed by atoms with Crippen LogP contribution in [0.15, 0.2) is 76.9 Å². The molecule has 0 saturated carbocycles. The highest BCUT2D eigenvalue weighted by Gasteiger charge is 2.47. The van der Waals surface area contributed by atoms with Gasteiger partial charge < -0.3 is 39.2 Å². The number of aliphatic hydroxyl groups is 1. The molecule has 17 heteroatoms. The van der Waals surface area contributed by atoms with E-state index >= 15 is 0 Å². The first kappa shape index (κ1) is 40.9. The Labute approximate surface area is 344 Å². The number of carbonyl (C=O) groups is 2. The molecule has 7 rings (SSSR count). The van der Waals surface area contributed by atoms with Gasteiger partial charge in [-0.15, -0.1) is 0 Å². The zero-order valence-corrected chi connectivity index (χ0v) is 34.2. The van der Waals surface area contributed by atoms with Gasteiger partial charge in [0.25, 0.3) is 11.8 Å². The van der Waals surface area contributed by atoms with Crippen molar-refractivity contribution in [3.63, 3.8) is 0 Å². The third-order valence-corrected chi connectivity index (χ3v) is 13.5. The third kappa shape index (κ3) is 8.47. The lowest BCUT2D eigenvalue weighted by atomic mass is 9.91. The molecule has 1 aromatic heterocycles. The summed E-state index contributed by atoms with van der Waals surface area (Å²) < 4.78 is 23.4. The van der Waals surface area contributed by atoms with Gasteiger partial charge in [-0.3, -0.25) is 24.7 Å². The number of pyridine rings is 1. The van der Waals surface area contributed by atoms with Gasteiger partial charge in [-0.1, -0.05) is 42.0 Å². The molecule has 2 aromatic carbocycles. The van der Waals surface area contributed by atoms with Crippen LogP contribution in [0.25, 0.3) is 0 Å². The molecular formula is C41H46N6O9S2. The van der Waals surface area contributed by atoms with Crippen molar-refractivity contribution >= 4 is 56.7 Å². The number of nitro groups is 1. The van der Waals surface area contributed by atoms with Crippen LogP contribution in [-0.2, 0) is 0 Å². The van der Waals surface area contributed by atoms with E-state index in [1.165, 1.54) is 47.0 Å². The van der Waals surface area contributed by atoms with E-state index in [1.54, 1.807) is 47.4 Å². The summed E-state index contributed by atoms with van der Waals surface area (Å²) in [5.41, 5.74) is 3.60. The predicted octanol–water partition coefficient (Wildman–Crippen LogP) is 7.08. The smallest absolute Gasteiger partial charge is 0.302 e. The molecule has 5 atom stereocenters. The van der Waals surface area contributed by atoms with Crippen molar-refractivity contribution in [1.29, 1.82) is 0 Å². The second-order valence-corrected chi connectivity index (χ2v) is 17.3. The van der Waals surface area contributed by atoms with Gasteiger partial charge in [0.05, 0.1) is 66.9 Å². The maximum atomic E-state index is 14.0. The summed E-state index contributed by atoms with van der Waals surface area (Å²) in [7, 11) is 5.75. The van der Waals surface area contributed by atoms with Crippen molar-refractivity contribution in [1.82, 2.24) is 14.8 Å². The third-order valence-electron chi connectivity index (χ3n) is 10.7. The van der Waals surface area contributed by atoms with E-state index in [1.807, 2.05) is 6.92 Å². The second-order valence-electron chi connectivity index (χ2n) is 14.6. The number of aliphatic imine (C=N–C) groups is 1. The number of nitrogens with zero attached hydrogens (tertiary/aromatic N) is 5. The number of unbranched alkanes of at least 4 members (excludes halogenated alkanes) is 2. The average molecular weight is 831 g/mol. The molecule has 1 unspecified atom stereocenters. The summed E-state index contributed by atoms with van der Waals surface area (Å²) in [5.74, 6) is 1.24. The Kier molecular flexibility index (Phi) is 12.5. The van der Waals surface area contributed by atoms with Gasteiger partial charge in [-0.05, 0) is 61.1 Å². The number of methoxy groups -OCH3 is 2. The molecule has 2 amide bonds. The lowest BCUT2D eigenvalue weighted by Gasteiger charge is -2.30. The highest BCUT2D eigenvalue weighted by atomic mass is 33.1. The maximum Gasteiger partial charge on any atom is 0.302 e. The van der Waals surface area contributed by atoms with Crippen LogP contribution in [0, 0.1) is 16.0 Å². The number of aromatic nitrogens is 1. The number of fused-ring (bicyclic) bond motifs is 4. The molecule has 58 heavy (non-hydrogen) atoms. The van der Waals surface area contributed by atoms with E-state index in [4.69, 9.17) is 18.9 Å². The van der Waals surface area contributed by atoms with Crippen LogP contribution in [0.1, 0.15) is 59.7 Å².